The number of aliphatic hydroxyl groups excluding tert-OH is 1. The molecule has 1 aromatic carbocycles. The van der Waals surface area contributed by atoms with E-state index < -0.39 is 5.97 Å². The lowest BCUT2D eigenvalue weighted by molar-refractivity contribution is -0.142. The zero-order chi connectivity index (χ0) is 16.5. The fourth-order valence-electron chi connectivity index (χ4n) is 1.90. The molecule has 0 aliphatic rings. The minimum atomic E-state index is -0.397. The number of aliphatic hydroxyl groups is 1. The van der Waals surface area contributed by atoms with Crippen LogP contribution >= 0.6 is 0 Å². The number of hydrogen-bond acceptors (Lipinski definition) is 5. The first-order chi connectivity index (χ1) is 10.5. The monoisotopic (exact) mass is 309 g/mol. The van der Waals surface area contributed by atoms with Crippen molar-refractivity contribution in [1.82, 2.24) is 4.90 Å². The summed E-state index contributed by atoms with van der Waals surface area (Å²) in [4.78, 5) is 24.7. The largest absolute Gasteiger partial charge is 0.483 e. The molecule has 0 saturated heterocycles. The Balaban J connectivity index is 2.59. The lowest BCUT2D eigenvalue weighted by Crippen LogP contribution is -2.38. The van der Waals surface area contributed by atoms with Crippen molar-refractivity contribution in [2.24, 2.45) is 0 Å². The molecule has 1 aromatic rings. The number of carbonyl (C=O) groups is 2. The normalized spacial score (nSPS) is 10.2. The summed E-state index contributed by atoms with van der Waals surface area (Å²) < 4.78 is 10.1. The lowest BCUT2D eigenvalue weighted by atomic mass is 10.1. The van der Waals surface area contributed by atoms with Crippen molar-refractivity contribution in [3.8, 4) is 5.75 Å². The maximum Gasteiger partial charge on any atom is 0.307 e. The van der Waals surface area contributed by atoms with Gasteiger partial charge in [-0.05, 0) is 31.0 Å². The molecule has 6 heteroatoms. The van der Waals surface area contributed by atoms with Gasteiger partial charge in [-0.1, -0.05) is 12.1 Å². The quantitative estimate of drug-likeness (QED) is 0.727. The van der Waals surface area contributed by atoms with Crippen LogP contribution in [-0.2, 0) is 14.3 Å². The smallest absolute Gasteiger partial charge is 0.307 e. The van der Waals surface area contributed by atoms with Crippen molar-refractivity contribution >= 4 is 11.9 Å². The summed E-state index contributed by atoms with van der Waals surface area (Å²) in [5.74, 6) is -0.0182. The molecule has 0 bridgehead atoms. The Kier molecular flexibility index (Phi) is 7.39. The number of methoxy groups -OCH3 is 1. The van der Waals surface area contributed by atoms with Crippen LogP contribution in [0, 0.1) is 13.8 Å². The molecule has 1 amide bonds. The molecule has 0 aliphatic carbocycles. The average Bonchev–Trinajstić information content (AvgIpc) is 2.51. The minimum Gasteiger partial charge on any atom is -0.483 e. The molecule has 0 spiro atoms. The van der Waals surface area contributed by atoms with Crippen LogP contribution in [0.15, 0.2) is 18.2 Å². The van der Waals surface area contributed by atoms with Crippen LogP contribution < -0.4 is 4.74 Å². The molecule has 6 nitrogen and oxygen atoms in total. The van der Waals surface area contributed by atoms with Crippen molar-refractivity contribution in [2.75, 3.05) is 33.4 Å². The van der Waals surface area contributed by atoms with E-state index in [1.807, 2.05) is 32.0 Å². The van der Waals surface area contributed by atoms with Crippen LogP contribution in [0.2, 0.25) is 0 Å². The molecule has 0 fully saturated rings. The Bertz CT molecular complexity index is 515. The Morgan fingerprint density at radius 2 is 1.95 bits per heavy atom. The van der Waals surface area contributed by atoms with Gasteiger partial charge < -0.3 is 19.5 Å². The number of benzene rings is 1. The number of esters is 1. The van der Waals surface area contributed by atoms with Gasteiger partial charge in [0.25, 0.3) is 5.91 Å². The van der Waals surface area contributed by atoms with E-state index in [0.29, 0.717) is 5.75 Å². The predicted octanol–water partition coefficient (Wildman–Crippen LogP) is 1.07. The van der Waals surface area contributed by atoms with Crippen LogP contribution in [0.3, 0.4) is 0 Å². The SMILES string of the molecule is COC(=O)CCN(CCO)C(=O)COc1cc(C)ccc1C. The highest BCUT2D eigenvalue weighted by Gasteiger charge is 2.16. The van der Waals surface area contributed by atoms with E-state index in [4.69, 9.17) is 9.84 Å². The van der Waals surface area contributed by atoms with Crippen molar-refractivity contribution < 1.29 is 24.2 Å². The van der Waals surface area contributed by atoms with Gasteiger partial charge >= 0.3 is 5.97 Å². The topological polar surface area (TPSA) is 76.1 Å². The molecule has 0 unspecified atom stereocenters. The summed E-state index contributed by atoms with van der Waals surface area (Å²) in [6, 6.07) is 5.77. The van der Waals surface area contributed by atoms with Gasteiger partial charge in [0.05, 0.1) is 20.1 Å². The third-order valence-corrected chi connectivity index (χ3v) is 3.23. The van der Waals surface area contributed by atoms with E-state index in [0.717, 1.165) is 11.1 Å². The molecule has 0 heterocycles. The molecule has 0 atom stereocenters. The van der Waals surface area contributed by atoms with Crippen LogP contribution in [0.25, 0.3) is 0 Å². The first kappa shape index (κ1) is 18.0. The Labute approximate surface area is 130 Å². The zero-order valence-corrected chi connectivity index (χ0v) is 13.3. The fraction of sp³-hybridized carbons (Fsp3) is 0.500. The van der Waals surface area contributed by atoms with E-state index in [9.17, 15) is 9.59 Å². The number of ether oxygens (including phenoxy) is 2. The van der Waals surface area contributed by atoms with E-state index in [1.165, 1.54) is 12.0 Å². The number of carbonyl (C=O) groups excluding carboxylic acids is 2. The maximum atomic E-state index is 12.1. The first-order valence-electron chi connectivity index (χ1n) is 7.13. The third-order valence-electron chi connectivity index (χ3n) is 3.23. The van der Waals surface area contributed by atoms with Crippen molar-refractivity contribution in [1.29, 1.82) is 0 Å². The molecular formula is C16H23NO5. The van der Waals surface area contributed by atoms with Gasteiger partial charge in [-0.25, -0.2) is 0 Å². The van der Waals surface area contributed by atoms with Gasteiger partial charge in [0.15, 0.2) is 6.61 Å². The Morgan fingerprint density at radius 3 is 2.59 bits per heavy atom. The minimum absolute atomic E-state index is 0.0890. The number of hydrogen-bond donors (Lipinski definition) is 1. The van der Waals surface area contributed by atoms with E-state index in [2.05, 4.69) is 4.74 Å². The van der Waals surface area contributed by atoms with Gasteiger partial charge in [-0.15, -0.1) is 0 Å². The average molecular weight is 309 g/mol. The Morgan fingerprint density at radius 1 is 1.23 bits per heavy atom. The molecule has 0 aliphatic heterocycles. The van der Waals surface area contributed by atoms with Crippen LogP contribution in [0.5, 0.6) is 5.75 Å². The van der Waals surface area contributed by atoms with Gasteiger partial charge in [0.2, 0.25) is 0 Å². The molecule has 122 valence electrons. The maximum absolute atomic E-state index is 12.1. The van der Waals surface area contributed by atoms with Gasteiger partial charge in [-0.2, -0.15) is 0 Å². The van der Waals surface area contributed by atoms with Gasteiger partial charge in [0.1, 0.15) is 5.75 Å². The molecule has 0 saturated carbocycles. The molecule has 0 aromatic heterocycles. The van der Waals surface area contributed by atoms with Crippen LogP contribution in [-0.4, -0.2) is 55.3 Å². The van der Waals surface area contributed by atoms with Crippen molar-refractivity contribution in [3.63, 3.8) is 0 Å². The van der Waals surface area contributed by atoms with E-state index >= 15 is 0 Å². The summed E-state index contributed by atoms with van der Waals surface area (Å²) in [7, 11) is 1.30. The molecular weight excluding hydrogens is 286 g/mol. The van der Waals surface area contributed by atoms with Crippen molar-refractivity contribution in [2.45, 2.75) is 20.3 Å². The predicted molar refractivity (Wildman–Crippen MR) is 81.7 cm³/mol. The standard InChI is InChI=1S/C16H23NO5/c1-12-4-5-13(2)14(10-12)22-11-15(19)17(8-9-18)7-6-16(20)21-3/h4-5,10,18H,6-9,11H2,1-3H3. The zero-order valence-electron chi connectivity index (χ0n) is 13.3. The summed E-state index contributed by atoms with van der Waals surface area (Å²) in [6.07, 6.45) is 0.0890. The second kappa shape index (κ2) is 9.04. The molecule has 0 radical (unpaired) electrons. The first-order valence-corrected chi connectivity index (χ1v) is 7.13. The fourth-order valence-corrected chi connectivity index (χ4v) is 1.90. The summed E-state index contributed by atoms with van der Waals surface area (Å²) in [5.41, 5.74) is 1.99. The van der Waals surface area contributed by atoms with Gasteiger partial charge in [-0.3, -0.25) is 9.59 Å². The summed E-state index contributed by atoms with van der Waals surface area (Å²) in [6.45, 7) is 3.90. The van der Waals surface area contributed by atoms with Crippen molar-refractivity contribution in [3.05, 3.63) is 29.3 Å². The summed E-state index contributed by atoms with van der Waals surface area (Å²) in [5, 5.41) is 9.02. The highest BCUT2D eigenvalue weighted by molar-refractivity contribution is 5.78. The third kappa shape index (κ3) is 5.73. The molecule has 1 N–H and O–H groups in total. The number of amides is 1. The molecule has 22 heavy (non-hydrogen) atoms. The number of rotatable bonds is 8. The number of aryl methyl sites for hydroxylation is 2. The lowest BCUT2D eigenvalue weighted by Gasteiger charge is -2.21. The summed E-state index contributed by atoms with van der Waals surface area (Å²) >= 11 is 0. The Hall–Kier alpha value is -2.08. The van der Waals surface area contributed by atoms with Crippen LogP contribution in [0.1, 0.15) is 17.5 Å². The van der Waals surface area contributed by atoms with E-state index in [1.54, 1.807) is 0 Å². The second-order valence-electron chi connectivity index (χ2n) is 4.99. The highest BCUT2D eigenvalue weighted by atomic mass is 16.5. The van der Waals surface area contributed by atoms with Crippen LogP contribution in [0.4, 0.5) is 0 Å². The number of nitrogens with zero attached hydrogens (tertiary/aromatic N) is 1. The second-order valence-corrected chi connectivity index (χ2v) is 4.99. The molecule has 1 rings (SSSR count). The highest BCUT2D eigenvalue weighted by Crippen LogP contribution is 2.19. The van der Waals surface area contributed by atoms with Gasteiger partial charge in [0, 0.05) is 13.1 Å². The van der Waals surface area contributed by atoms with E-state index in [-0.39, 0.29) is 38.6 Å².